The molecule has 0 aromatic carbocycles. The molecule has 0 atom stereocenters. The Morgan fingerprint density at radius 2 is 2.22 bits per heavy atom. The van der Waals surface area contributed by atoms with Crippen LogP contribution in [0, 0.1) is 6.92 Å². The Labute approximate surface area is 110 Å². The molecule has 0 bridgehead atoms. The van der Waals surface area contributed by atoms with E-state index >= 15 is 0 Å². The van der Waals surface area contributed by atoms with Crippen molar-refractivity contribution in [2.75, 3.05) is 5.32 Å². The van der Waals surface area contributed by atoms with Crippen molar-refractivity contribution in [2.45, 2.75) is 33.1 Å². The highest BCUT2D eigenvalue weighted by Gasteiger charge is 2.07. The van der Waals surface area contributed by atoms with E-state index in [4.69, 9.17) is 4.42 Å². The summed E-state index contributed by atoms with van der Waals surface area (Å²) >= 11 is 1.44. The first-order valence-corrected chi connectivity index (χ1v) is 6.85. The maximum absolute atomic E-state index is 11.7. The first-order valence-electron chi connectivity index (χ1n) is 5.97. The van der Waals surface area contributed by atoms with E-state index in [1.54, 1.807) is 0 Å². The van der Waals surface area contributed by atoms with E-state index in [0.717, 1.165) is 23.6 Å². The number of furan rings is 1. The number of hydrogen-bond acceptors (Lipinski definition) is 4. The first-order chi connectivity index (χ1) is 8.67. The number of aromatic nitrogens is 1. The molecule has 2 aromatic rings. The average Bonchev–Trinajstić information content (AvgIpc) is 2.95. The highest BCUT2D eigenvalue weighted by Crippen LogP contribution is 2.15. The zero-order valence-corrected chi connectivity index (χ0v) is 11.3. The largest absolute Gasteiger partial charge is 0.466 e. The number of nitrogens with one attached hydrogen (secondary N) is 1. The van der Waals surface area contributed by atoms with Gasteiger partial charge in [-0.3, -0.25) is 4.79 Å². The van der Waals surface area contributed by atoms with Gasteiger partial charge in [-0.1, -0.05) is 6.92 Å². The average molecular weight is 264 g/mol. The van der Waals surface area contributed by atoms with E-state index < -0.39 is 0 Å². The minimum Gasteiger partial charge on any atom is -0.466 e. The smallest absolute Gasteiger partial charge is 0.226 e. The SMILES string of the molecule is CCc1ccc(CCC(=O)Nc2nc(C)cs2)o1. The van der Waals surface area contributed by atoms with Gasteiger partial charge in [0.05, 0.1) is 5.69 Å². The standard InChI is InChI=1S/C13H16N2O2S/c1-3-10-4-5-11(17-10)6-7-12(16)15-13-14-9(2)8-18-13/h4-5,8H,3,6-7H2,1-2H3,(H,14,15,16). The number of rotatable bonds is 5. The molecule has 2 rings (SSSR count). The summed E-state index contributed by atoms with van der Waals surface area (Å²) in [7, 11) is 0. The lowest BCUT2D eigenvalue weighted by Gasteiger charge is -2.00. The van der Waals surface area contributed by atoms with Gasteiger partial charge in [0.15, 0.2) is 5.13 Å². The van der Waals surface area contributed by atoms with Gasteiger partial charge in [0, 0.05) is 24.6 Å². The predicted molar refractivity (Wildman–Crippen MR) is 71.9 cm³/mol. The van der Waals surface area contributed by atoms with Crippen LogP contribution in [0.3, 0.4) is 0 Å². The highest BCUT2D eigenvalue weighted by atomic mass is 32.1. The molecular weight excluding hydrogens is 248 g/mol. The number of thiazole rings is 1. The summed E-state index contributed by atoms with van der Waals surface area (Å²) in [6.45, 7) is 3.95. The number of carbonyl (C=O) groups excluding carboxylic acids is 1. The van der Waals surface area contributed by atoms with Crippen LogP contribution in [-0.4, -0.2) is 10.9 Å². The Balaban J connectivity index is 1.81. The number of hydrogen-bond donors (Lipinski definition) is 1. The fourth-order valence-electron chi connectivity index (χ4n) is 1.58. The Hall–Kier alpha value is -1.62. The Morgan fingerprint density at radius 3 is 2.83 bits per heavy atom. The van der Waals surface area contributed by atoms with Gasteiger partial charge in [0.1, 0.15) is 11.5 Å². The zero-order chi connectivity index (χ0) is 13.0. The lowest BCUT2D eigenvalue weighted by atomic mass is 10.2. The lowest BCUT2D eigenvalue weighted by Crippen LogP contribution is -2.11. The van der Waals surface area contributed by atoms with Crippen LogP contribution in [-0.2, 0) is 17.6 Å². The molecule has 0 spiro atoms. The van der Waals surface area contributed by atoms with Gasteiger partial charge in [0.2, 0.25) is 5.91 Å². The van der Waals surface area contributed by atoms with Gasteiger partial charge in [-0.2, -0.15) is 0 Å². The summed E-state index contributed by atoms with van der Waals surface area (Å²) in [6, 6.07) is 3.89. The van der Waals surface area contributed by atoms with Gasteiger partial charge >= 0.3 is 0 Å². The fourth-order valence-corrected chi connectivity index (χ4v) is 2.28. The third-order valence-electron chi connectivity index (χ3n) is 2.53. The van der Waals surface area contributed by atoms with Crippen LogP contribution < -0.4 is 5.32 Å². The van der Waals surface area contributed by atoms with E-state index in [1.165, 1.54) is 11.3 Å². The van der Waals surface area contributed by atoms with Crippen molar-refractivity contribution in [3.05, 3.63) is 34.7 Å². The molecule has 0 aliphatic carbocycles. The molecular formula is C13H16N2O2S. The molecule has 0 radical (unpaired) electrons. The second kappa shape index (κ2) is 5.82. The summed E-state index contributed by atoms with van der Waals surface area (Å²) in [6.07, 6.45) is 1.91. The number of carbonyl (C=O) groups is 1. The Bertz CT molecular complexity index is 531. The molecule has 18 heavy (non-hydrogen) atoms. The number of aryl methyl sites for hydroxylation is 3. The van der Waals surface area contributed by atoms with E-state index in [9.17, 15) is 4.79 Å². The quantitative estimate of drug-likeness (QED) is 0.902. The predicted octanol–water partition coefficient (Wildman–Crippen LogP) is 3.18. The van der Waals surface area contributed by atoms with Crippen LogP contribution in [0.5, 0.6) is 0 Å². The molecule has 0 saturated carbocycles. The molecule has 1 amide bonds. The van der Waals surface area contributed by atoms with Gasteiger partial charge in [-0.05, 0) is 19.1 Å². The summed E-state index contributed by atoms with van der Waals surface area (Å²) in [5.74, 6) is 1.79. The third-order valence-corrected chi connectivity index (χ3v) is 3.41. The maximum atomic E-state index is 11.7. The summed E-state index contributed by atoms with van der Waals surface area (Å²) in [5, 5.41) is 5.35. The van der Waals surface area contributed by atoms with Crippen molar-refractivity contribution in [1.82, 2.24) is 4.98 Å². The van der Waals surface area contributed by atoms with Crippen LogP contribution in [0.1, 0.15) is 30.6 Å². The lowest BCUT2D eigenvalue weighted by molar-refractivity contribution is -0.116. The van der Waals surface area contributed by atoms with Crippen molar-refractivity contribution in [3.8, 4) is 0 Å². The van der Waals surface area contributed by atoms with Crippen molar-refractivity contribution in [2.24, 2.45) is 0 Å². The normalized spacial score (nSPS) is 10.6. The number of anilines is 1. The van der Waals surface area contributed by atoms with Crippen molar-refractivity contribution in [3.63, 3.8) is 0 Å². The van der Waals surface area contributed by atoms with Crippen LogP contribution >= 0.6 is 11.3 Å². The minimum absolute atomic E-state index is 0.0289. The van der Waals surface area contributed by atoms with E-state index in [0.29, 0.717) is 18.0 Å². The molecule has 4 nitrogen and oxygen atoms in total. The topological polar surface area (TPSA) is 55.1 Å². The van der Waals surface area contributed by atoms with E-state index in [-0.39, 0.29) is 5.91 Å². The van der Waals surface area contributed by atoms with Crippen LogP contribution in [0.2, 0.25) is 0 Å². The Kier molecular flexibility index (Phi) is 4.15. The summed E-state index contributed by atoms with van der Waals surface area (Å²) in [5.41, 5.74) is 0.925. The molecule has 2 heterocycles. The molecule has 0 unspecified atom stereocenters. The van der Waals surface area contributed by atoms with E-state index in [2.05, 4.69) is 10.3 Å². The van der Waals surface area contributed by atoms with Gasteiger partial charge < -0.3 is 9.73 Å². The first kappa shape index (κ1) is 12.8. The van der Waals surface area contributed by atoms with Gasteiger partial charge in [-0.25, -0.2) is 4.98 Å². The highest BCUT2D eigenvalue weighted by molar-refractivity contribution is 7.13. The van der Waals surface area contributed by atoms with Crippen LogP contribution in [0.25, 0.3) is 0 Å². The summed E-state index contributed by atoms with van der Waals surface area (Å²) in [4.78, 5) is 15.9. The molecule has 0 fully saturated rings. The molecule has 96 valence electrons. The van der Waals surface area contributed by atoms with Crippen LogP contribution in [0.15, 0.2) is 21.9 Å². The fraction of sp³-hybridized carbons (Fsp3) is 0.385. The van der Waals surface area contributed by atoms with Crippen molar-refractivity contribution >= 4 is 22.4 Å². The second-order valence-corrected chi connectivity index (χ2v) is 4.92. The molecule has 0 aliphatic heterocycles. The zero-order valence-electron chi connectivity index (χ0n) is 10.5. The monoisotopic (exact) mass is 264 g/mol. The molecule has 0 saturated heterocycles. The van der Waals surface area contributed by atoms with Crippen LogP contribution in [0.4, 0.5) is 5.13 Å². The molecule has 1 N–H and O–H groups in total. The number of nitrogens with zero attached hydrogens (tertiary/aromatic N) is 1. The minimum atomic E-state index is -0.0289. The molecule has 5 heteroatoms. The molecule has 2 aromatic heterocycles. The van der Waals surface area contributed by atoms with Crippen molar-refractivity contribution in [1.29, 1.82) is 0 Å². The number of amides is 1. The summed E-state index contributed by atoms with van der Waals surface area (Å²) < 4.78 is 5.54. The molecule has 0 aliphatic rings. The van der Waals surface area contributed by atoms with Gasteiger partial charge in [-0.15, -0.1) is 11.3 Å². The van der Waals surface area contributed by atoms with Gasteiger partial charge in [0.25, 0.3) is 0 Å². The van der Waals surface area contributed by atoms with E-state index in [1.807, 2.05) is 31.4 Å². The Morgan fingerprint density at radius 1 is 1.44 bits per heavy atom. The maximum Gasteiger partial charge on any atom is 0.226 e. The van der Waals surface area contributed by atoms with Crippen molar-refractivity contribution < 1.29 is 9.21 Å². The third kappa shape index (κ3) is 3.43. The second-order valence-electron chi connectivity index (χ2n) is 4.06.